The summed E-state index contributed by atoms with van der Waals surface area (Å²) in [5.41, 5.74) is 0.443. The topological polar surface area (TPSA) is 48.4 Å². The highest BCUT2D eigenvalue weighted by atomic mass is 32.1. The first-order chi connectivity index (χ1) is 10.3. The van der Waals surface area contributed by atoms with Crippen LogP contribution in [-0.4, -0.2) is 24.2 Å². The number of alkyl halides is 3. The summed E-state index contributed by atoms with van der Waals surface area (Å²) < 4.78 is 48.8. The third-order valence-corrected chi connectivity index (χ3v) is 3.71. The van der Waals surface area contributed by atoms with E-state index in [9.17, 15) is 18.0 Å². The van der Waals surface area contributed by atoms with E-state index in [0.29, 0.717) is 11.4 Å². The molecule has 1 heterocycles. The Kier molecular flexibility index (Phi) is 4.70. The quantitative estimate of drug-likeness (QED) is 0.797. The van der Waals surface area contributed by atoms with Crippen LogP contribution in [0.25, 0.3) is 0 Å². The van der Waals surface area contributed by atoms with E-state index in [4.69, 9.17) is 4.74 Å². The van der Waals surface area contributed by atoms with Gasteiger partial charge in [-0.1, -0.05) is 0 Å². The molecule has 0 saturated heterocycles. The number of hydrogen-bond donors (Lipinski definition) is 0. The lowest BCUT2D eigenvalue weighted by atomic mass is 10.2. The van der Waals surface area contributed by atoms with Crippen LogP contribution in [0.5, 0.6) is 5.75 Å². The van der Waals surface area contributed by atoms with E-state index < -0.39 is 18.2 Å². The Morgan fingerprint density at radius 3 is 2.36 bits per heavy atom. The molecule has 1 atom stereocenters. The van der Waals surface area contributed by atoms with Crippen LogP contribution in [0.3, 0.4) is 0 Å². The predicted octanol–water partition coefficient (Wildman–Crippen LogP) is 3.92. The molecule has 2 aromatic rings. The van der Waals surface area contributed by atoms with E-state index in [1.807, 2.05) is 0 Å². The number of aryl methyl sites for hydroxylation is 1. The second-order valence-corrected chi connectivity index (χ2v) is 5.27. The van der Waals surface area contributed by atoms with E-state index in [0.717, 1.165) is 11.3 Å². The van der Waals surface area contributed by atoms with Gasteiger partial charge in [0.2, 0.25) is 6.10 Å². The molecule has 4 nitrogen and oxygen atoms in total. The van der Waals surface area contributed by atoms with Crippen molar-refractivity contribution in [2.75, 3.05) is 7.11 Å². The lowest BCUT2D eigenvalue weighted by Crippen LogP contribution is -2.26. The number of carbonyl (C=O) groups is 1. The van der Waals surface area contributed by atoms with Crippen molar-refractivity contribution in [1.82, 2.24) is 4.98 Å². The maximum atomic E-state index is 13.1. The monoisotopic (exact) mass is 331 g/mol. The first kappa shape index (κ1) is 16.3. The summed E-state index contributed by atoms with van der Waals surface area (Å²) in [7, 11) is 1.44. The fourth-order valence-corrected chi connectivity index (χ4v) is 2.50. The number of thiazole rings is 1. The molecular formula is C14H12F3NO3S. The number of methoxy groups -OCH3 is 1. The highest BCUT2D eigenvalue weighted by Gasteiger charge is 2.46. The van der Waals surface area contributed by atoms with Crippen LogP contribution < -0.4 is 4.74 Å². The van der Waals surface area contributed by atoms with Crippen molar-refractivity contribution in [2.24, 2.45) is 0 Å². The zero-order chi connectivity index (χ0) is 16.3. The molecule has 0 aliphatic heterocycles. The number of aromatic nitrogens is 1. The Bertz CT molecular complexity index is 652. The van der Waals surface area contributed by atoms with Gasteiger partial charge < -0.3 is 9.47 Å². The number of halogens is 3. The third-order valence-electron chi connectivity index (χ3n) is 2.71. The summed E-state index contributed by atoms with van der Waals surface area (Å²) in [6.07, 6.45) is -7.10. The lowest BCUT2D eigenvalue weighted by Gasteiger charge is -2.18. The van der Waals surface area contributed by atoms with E-state index >= 15 is 0 Å². The highest BCUT2D eigenvalue weighted by Crippen LogP contribution is 2.37. The zero-order valence-corrected chi connectivity index (χ0v) is 12.5. The van der Waals surface area contributed by atoms with Crippen molar-refractivity contribution in [3.63, 3.8) is 0 Å². The Balaban J connectivity index is 2.21. The van der Waals surface area contributed by atoms with Gasteiger partial charge in [-0.2, -0.15) is 13.2 Å². The molecule has 0 N–H and O–H groups in total. The molecule has 118 valence electrons. The second-order valence-electron chi connectivity index (χ2n) is 4.38. The lowest BCUT2D eigenvalue weighted by molar-refractivity contribution is -0.207. The van der Waals surface area contributed by atoms with Gasteiger partial charge in [0.05, 0.1) is 12.7 Å². The fraction of sp³-hybridized carbons (Fsp3) is 0.286. The Labute approximate surface area is 128 Å². The smallest absolute Gasteiger partial charge is 0.432 e. The van der Waals surface area contributed by atoms with Crippen molar-refractivity contribution < 1.29 is 27.4 Å². The van der Waals surface area contributed by atoms with Gasteiger partial charge in [-0.3, -0.25) is 0 Å². The molecule has 0 aliphatic carbocycles. The summed E-state index contributed by atoms with van der Waals surface area (Å²) in [5.74, 6) is -0.586. The molecule has 0 fully saturated rings. The number of nitrogens with zero attached hydrogens (tertiary/aromatic N) is 1. The van der Waals surface area contributed by atoms with Gasteiger partial charge in [0.25, 0.3) is 0 Å². The third kappa shape index (κ3) is 3.76. The molecule has 0 radical (unpaired) electrons. The van der Waals surface area contributed by atoms with Crippen molar-refractivity contribution in [2.45, 2.75) is 19.2 Å². The normalized spacial score (nSPS) is 12.8. The Morgan fingerprint density at radius 2 is 1.91 bits per heavy atom. The van der Waals surface area contributed by atoms with Crippen LogP contribution >= 0.6 is 11.3 Å². The number of rotatable bonds is 4. The molecule has 0 saturated carbocycles. The fourth-order valence-electron chi connectivity index (χ4n) is 1.65. The average Bonchev–Trinajstić information content (AvgIpc) is 2.89. The zero-order valence-electron chi connectivity index (χ0n) is 11.7. The summed E-state index contributed by atoms with van der Waals surface area (Å²) in [6.45, 7) is 1.57. The van der Waals surface area contributed by atoms with Crippen molar-refractivity contribution in [3.8, 4) is 5.75 Å². The largest absolute Gasteiger partial charge is 0.497 e. The van der Waals surface area contributed by atoms with Crippen LogP contribution in [0.1, 0.15) is 27.2 Å². The van der Waals surface area contributed by atoms with Gasteiger partial charge in [0, 0.05) is 11.1 Å². The maximum Gasteiger partial charge on any atom is 0.432 e. The first-order valence-corrected chi connectivity index (χ1v) is 7.03. The van der Waals surface area contributed by atoms with Crippen molar-refractivity contribution >= 4 is 17.3 Å². The van der Waals surface area contributed by atoms with Crippen molar-refractivity contribution in [3.05, 3.63) is 45.9 Å². The molecule has 1 aromatic carbocycles. The second kappa shape index (κ2) is 6.35. The van der Waals surface area contributed by atoms with Gasteiger partial charge in [-0.15, -0.1) is 11.3 Å². The number of esters is 1. The molecule has 0 amide bonds. The van der Waals surface area contributed by atoms with Crippen LogP contribution in [0.15, 0.2) is 29.6 Å². The van der Waals surface area contributed by atoms with Gasteiger partial charge in [0.15, 0.2) is 0 Å². The number of carbonyl (C=O) groups excluding carboxylic acids is 1. The molecule has 8 heteroatoms. The minimum atomic E-state index is -4.73. The van der Waals surface area contributed by atoms with Crippen LogP contribution in [-0.2, 0) is 4.74 Å². The minimum absolute atomic E-state index is 0.00308. The van der Waals surface area contributed by atoms with Crippen LogP contribution in [0.4, 0.5) is 13.2 Å². The average molecular weight is 331 g/mol. The minimum Gasteiger partial charge on any atom is -0.497 e. The molecule has 2 rings (SSSR count). The SMILES string of the molecule is COc1ccc(C(=O)O[C@H](c2nc(C)cs2)C(F)(F)F)cc1. The van der Waals surface area contributed by atoms with E-state index in [1.165, 1.54) is 36.8 Å². The molecule has 0 aliphatic rings. The molecule has 0 unspecified atom stereocenters. The standard InChI is InChI=1S/C14H12F3NO3S/c1-8-7-22-12(18-8)11(14(15,16)17)21-13(19)9-3-5-10(20-2)6-4-9/h3-7,11H,1-2H3/t11-/m1/s1. The summed E-state index contributed by atoms with van der Waals surface area (Å²) in [5, 5.41) is 1.17. The van der Waals surface area contributed by atoms with E-state index in [1.54, 1.807) is 6.92 Å². The Morgan fingerprint density at radius 1 is 1.27 bits per heavy atom. The molecule has 0 spiro atoms. The van der Waals surface area contributed by atoms with E-state index in [-0.39, 0.29) is 10.6 Å². The van der Waals surface area contributed by atoms with Crippen LogP contribution in [0, 0.1) is 6.92 Å². The number of benzene rings is 1. The number of ether oxygens (including phenoxy) is 2. The molecule has 1 aromatic heterocycles. The maximum absolute atomic E-state index is 13.1. The van der Waals surface area contributed by atoms with Gasteiger partial charge >= 0.3 is 12.1 Å². The predicted molar refractivity (Wildman–Crippen MR) is 74.1 cm³/mol. The number of hydrogen-bond acceptors (Lipinski definition) is 5. The summed E-state index contributed by atoms with van der Waals surface area (Å²) >= 11 is 0.799. The first-order valence-electron chi connectivity index (χ1n) is 6.15. The van der Waals surface area contributed by atoms with Crippen molar-refractivity contribution in [1.29, 1.82) is 0 Å². The van der Waals surface area contributed by atoms with Crippen LogP contribution in [0.2, 0.25) is 0 Å². The van der Waals surface area contributed by atoms with Gasteiger partial charge in [-0.05, 0) is 31.2 Å². The van der Waals surface area contributed by atoms with Gasteiger partial charge in [0.1, 0.15) is 10.8 Å². The van der Waals surface area contributed by atoms with Gasteiger partial charge in [-0.25, -0.2) is 9.78 Å². The molecular weight excluding hydrogens is 319 g/mol. The molecule has 22 heavy (non-hydrogen) atoms. The summed E-state index contributed by atoms with van der Waals surface area (Å²) in [6, 6.07) is 5.60. The Hall–Kier alpha value is -2.09. The highest BCUT2D eigenvalue weighted by molar-refractivity contribution is 7.09. The molecule has 0 bridgehead atoms. The van der Waals surface area contributed by atoms with E-state index in [2.05, 4.69) is 9.72 Å². The summed E-state index contributed by atoms with van der Waals surface area (Å²) in [4.78, 5) is 15.6.